The number of nitriles is 1. The average molecular weight is 446 g/mol. The lowest BCUT2D eigenvalue weighted by atomic mass is 10.0. The SMILES string of the molecule is Cc1cc(C(=O)Nc2ccc(-c3ccccc3C#N)cc2)n(-c2cc3ccccc3cc2F)n1. The van der Waals surface area contributed by atoms with Crippen molar-refractivity contribution in [3.8, 4) is 22.9 Å². The number of amides is 1. The van der Waals surface area contributed by atoms with Gasteiger partial charge in [-0.25, -0.2) is 9.07 Å². The van der Waals surface area contributed by atoms with E-state index in [2.05, 4.69) is 16.5 Å². The van der Waals surface area contributed by atoms with Gasteiger partial charge in [0.15, 0.2) is 0 Å². The summed E-state index contributed by atoms with van der Waals surface area (Å²) in [6.45, 7) is 1.76. The topological polar surface area (TPSA) is 70.7 Å². The van der Waals surface area contributed by atoms with Gasteiger partial charge in [0, 0.05) is 5.69 Å². The molecule has 5 rings (SSSR count). The Morgan fingerprint density at radius 2 is 1.62 bits per heavy atom. The molecular weight excluding hydrogens is 427 g/mol. The Kier molecular flexibility index (Phi) is 5.36. The Labute approximate surface area is 195 Å². The van der Waals surface area contributed by atoms with E-state index in [0.29, 0.717) is 16.9 Å². The molecular formula is C28H19FN4O. The fourth-order valence-electron chi connectivity index (χ4n) is 3.97. The fourth-order valence-corrected chi connectivity index (χ4v) is 3.97. The molecule has 0 aliphatic heterocycles. The van der Waals surface area contributed by atoms with Gasteiger partial charge in [0.05, 0.1) is 17.3 Å². The summed E-state index contributed by atoms with van der Waals surface area (Å²) < 4.78 is 16.3. The van der Waals surface area contributed by atoms with E-state index in [4.69, 9.17) is 0 Å². The molecule has 0 bridgehead atoms. The normalized spacial score (nSPS) is 10.7. The third-order valence-corrected chi connectivity index (χ3v) is 5.61. The van der Waals surface area contributed by atoms with Gasteiger partial charge in [-0.15, -0.1) is 0 Å². The van der Waals surface area contributed by atoms with Crippen molar-refractivity contribution in [2.24, 2.45) is 0 Å². The van der Waals surface area contributed by atoms with Crippen LogP contribution in [0.3, 0.4) is 0 Å². The Hall–Kier alpha value is -4.76. The number of anilines is 1. The van der Waals surface area contributed by atoms with E-state index >= 15 is 0 Å². The molecule has 0 atom stereocenters. The molecule has 5 aromatic rings. The van der Waals surface area contributed by atoms with Crippen LogP contribution in [0.25, 0.3) is 27.6 Å². The molecule has 5 nitrogen and oxygen atoms in total. The van der Waals surface area contributed by atoms with Gasteiger partial charge in [-0.1, -0.05) is 54.6 Å². The van der Waals surface area contributed by atoms with Gasteiger partial charge < -0.3 is 5.32 Å². The summed E-state index contributed by atoms with van der Waals surface area (Å²) in [4.78, 5) is 13.1. The van der Waals surface area contributed by atoms with E-state index in [1.807, 2.05) is 54.6 Å². The Morgan fingerprint density at radius 3 is 2.35 bits per heavy atom. The van der Waals surface area contributed by atoms with Crippen LogP contribution in [0.15, 0.2) is 91.0 Å². The van der Waals surface area contributed by atoms with Crippen molar-refractivity contribution in [2.45, 2.75) is 6.92 Å². The number of hydrogen-bond acceptors (Lipinski definition) is 3. The number of nitrogens with one attached hydrogen (secondary N) is 1. The number of rotatable bonds is 4. The number of nitrogens with zero attached hydrogens (tertiary/aromatic N) is 3. The van der Waals surface area contributed by atoms with Gasteiger partial charge in [-0.2, -0.15) is 10.4 Å². The highest BCUT2D eigenvalue weighted by molar-refractivity contribution is 6.03. The highest BCUT2D eigenvalue weighted by Gasteiger charge is 2.19. The average Bonchev–Trinajstić information content (AvgIpc) is 3.25. The second-order valence-corrected chi connectivity index (χ2v) is 7.92. The maximum absolute atomic E-state index is 14.9. The number of aromatic nitrogens is 2. The molecule has 0 aliphatic carbocycles. The molecule has 1 amide bonds. The van der Waals surface area contributed by atoms with Crippen LogP contribution >= 0.6 is 0 Å². The third kappa shape index (κ3) is 3.91. The van der Waals surface area contributed by atoms with Gasteiger partial charge >= 0.3 is 0 Å². The molecule has 0 saturated carbocycles. The van der Waals surface area contributed by atoms with E-state index in [-0.39, 0.29) is 11.4 Å². The fraction of sp³-hybridized carbons (Fsp3) is 0.0357. The van der Waals surface area contributed by atoms with Crippen LogP contribution in [-0.4, -0.2) is 15.7 Å². The van der Waals surface area contributed by atoms with E-state index < -0.39 is 11.7 Å². The molecule has 1 N–H and O–H groups in total. The summed E-state index contributed by atoms with van der Waals surface area (Å²) in [5, 5.41) is 18.2. The smallest absolute Gasteiger partial charge is 0.274 e. The predicted octanol–water partition coefficient (Wildman–Crippen LogP) is 6.26. The lowest BCUT2D eigenvalue weighted by Gasteiger charge is -2.11. The lowest BCUT2D eigenvalue weighted by molar-refractivity contribution is 0.101. The predicted molar refractivity (Wildman–Crippen MR) is 130 cm³/mol. The first-order valence-electron chi connectivity index (χ1n) is 10.7. The number of hydrogen-bond donors (Lipinski definition) is 1. The molecule has 0 radical (unpaired) electrons. The number of halogens is 1. The van der Waals surface area contributed by atoms with Crippen LogP contribution in [0.1, 0.15) is 21.7 Å². The summed E-state index contributed by atoms with van der Waals surface area (Å²) in [6, 6.07) is 29.0. The summed E-state index contributed by atoms with van der Waals surface area (Å²) >= 11 is 0. The van der Waals surface area contributed by atoms with Crippen LogP contribution in [0, 0.1) is 24.1 Å². The molecule has 4 aromatic carbocycles. The Bertz CT molecular complexity index is 1580. The molecule has 0 spiro atoms. The molecule has 0 fully saturated rings. The maximum Gasteiger partial charge on any atom is 0.274 e. The molecule has 1 heterocycles. The Morgan fingerprint density at radius 1 is 0.941 bits per heavy atom. The molecule has 0 saturated heterocycles. The van der Waals surface area contributed by atoms with Gasteiger partial charge in [-0.05, 0) is 65.2 Å². The standard InChI is InChI=1S/C28H19FN4O/c1-18-14-27(33(32-18)26-16-21-7-3-2-6-20(21)15-25(26)29)28(34)31-23-12-10-19(11-13-23)24-9-5-4-8-22(24)17-30/h2-16H,1H3,(H,31,34). The summed E-state index contributed by atoms with van der Waals surface area (Å²) in [7, 11) is 0. The highest BCUT2D eigenvalue weighted by Crippen LogP contribution is 2.26. The summed E-state index contributed by atoms with van der Waals surface area (Å²) in [6.07, 6.45) is 0. The zero-order valence-electron chi connectivity index (χ0n) is 18.3. The minimum atomic E-state index is -0.462. The van der Waals surface area contributed by atoms with Crippen LogP contribution in [0.2, 0.25) is 0 Å². The zero-order valence-corrected chi connectivity index (χ0v) is 18.3. The maximum atomic E-state index is 14.9. The largest absolute Gasteiger partial charge is 0.321 e. The van der Waals surface area contributed by atoms with Crippen LogP contribution < -0.4 is 5.32 Å². The van der Waals surface area contributed by atoms with E-state index in [9.17, 15) is 14.4 Å². The number of benzene rings is 4. The van der Waals surface area contributed by atoms with E-state index in [0.717, 1.165) is 21.9 Å². The van der Waals surface area contributed by atoms with Crippen molar-refractivity contribution in [2.75, 3.05) is 5.32 Å². The summed E-state index contributed by atoms with van der Waals surface area (Å²) in [5.41, 5.74) is 3.88. The summed E-state index contributed by atoms with van der Waals surface area (Å²) in [5.74, 6) is -0.866. The molecule has 6 heteroatoms. The lowest BCUT2D eigenvalue weighted by Crippen LogP contribution is -2.17. The van der Waals surface area contributed by atoms with Gasteiger partial charge in [0.25, 0.3) is 5.91 Å². The van der Waals surface area contributed by atoms with E-state index in [1.165, 1.54) is 10.7 Å². The second kappa shape index (κ2) is 8.64. The van der Waals surface area contributed by atoms with Crippen molar-refractivity contribution in [3.63, 3.8) is 0 Å². The second-order valence-electron chi connectivity index (χ2n) is 7.92. The van der Waals surface area contributed by atoms with Gasteiger partial charge in [0.1, 0.15) is 17.2 Å². The molecule has 164 valence electrons. The van der Waals surface area contributed by atoms with Crippen LogP contribution in [-0.2, 0) is 0 Å². The van der Waals surface area contributed by atoms with Crippen molar-refractivity contribution >= 4 is 22.4 Å². The van der Waals surface area contributed by atoms with Crippen LogP contribution in [0.4, 0.5) is 10.1 Å². The number of fused-ring (bicyclic) bond motifs is 1. The van der Waals surface area contributed by atoms with Crippen molar-refractivity contribution < 1.29 is 9.18 Å². The quantitative estimate of drug-likeness (QED) is 0.354. The first-order chi connectivity index (χ1) is 16.5. The van der Waals surface area contributed by atoms with Gasteiger partial charge in [-0.3, -0.25) is 4.79 Å². The number of aryl methyl sites for hydroxylation is 1. The first kappa shape index (κ1) is 21.1. The number of carbonyl (C=O) groups is 1. The molecule has 0 aliphatic rings. The molecule has 34 heavy (non-hydrogen) atoms. The van der Waals surface area contributed by atoms with E-state index in [1.54, 1.807) is 37.3 Å². The highest BCUT2D eigenvalue weighted by atomic mass is 19.1. The van der Waals surface area contributed by atoms with Gasteiger partial charge in [0.2, 0.25) is 0 Å². The third-order valence-electron chi connectivity index (χ3n) is 5.61. The minimum Gasteiger partial charge on any atom is -0.321 e. The first-order valence-corrected chi connectivity index (χ1v) is 10.7. The van der Waals surface area contributed by atoms with Crippen molar-refractivity contribution in [3.05, 3.63) is 114 Å². The monoisotopic (exact) mass is 446 g/mol. The molecule has 1 aromatic heterocycles. The number of carbonyl (C=O) groups excluding carboxylic acids is 1. The van der Waals surface area contributed by atoms with Crippen molar-refractivity contribution in [1.29, 1.82) is 5.26 Å². The van der Waals surface area contributed by atoms with Crippen molar-refractivity contribution in [1.82, 2.24) is 9.78 Å². The zero-order chi connectivity index (χ0) is 23.7. The Balaban J connectivity index is 1.45. The molecule has 0 unspecified atom stereocenters. The minimum absolute atomic E-state index is 0.209. The van der Waals surface area contributed by atoms with Crippen LogP contribution in [0.5, 0.6) is 0 Å².